The maximum atomic E-state index is 2.43. The highest BCUT2D eigenvalue weighted by atomic mass is 33.1. The fourth-order valence-electron chi connectivity index (χ4n) is 0.979. The Morgan fingerprint density at radius 1 is 1.45 bits per heavy atom. The standard InChI is InChI=1S/C8H15NS2/c1-4-6-9-8(2,3)5-7-10-11-9/h5,7H,4,6H2,1-3H3. The van der Waals surface area contributed by atoms with Gasteiger partial charge in [-0.15, -0.1) is 0 Å². The van der Waals surface area contributed by atoms with Crippen LogP contribution in [0.15, 0.2) is 11.5 Å². The summed E-state index contributed by atoms with van der Waals surface area (Å²) in [6.07, 6.45) is 3.49. The van der Waals surface area contributed by atoms with Gasteiger partial charge in [0, 0.05) is 12.1 Å². The van der Waals surface area contributed by atoms with Gasteiger partial charge in [-0.3, -0.25) is 0 Å². The normalized spacial score (nSPS) is 23.9. The molecule has 0 fully saturated rings. The lowest BCUT2D eigenvalue weighted by Gasteiger charge is -2.36. The van der Waals surface area contributed by atoms with Gasteiger partial charge in [-0.1, -0.05) is 13.0 Å². The molecular weight excluding hydrogens is 174 g/mol. The van der Waals surface area contributed by atoms with Crippen LogP contribution in [-0.2, 0) is 0 Å². The third kappa shape index (κ3) is 2.42. The molecule has 0 aromatic carbocycles. The Kier molecular flexibility index (Phi) is 3.34. The van der Waals surface area contributed by atoms with Gasteiger partial charge < -0.3 is 0 Å². The van der Waals surface area contributed by atoms with Crippen LogP contribution in [0.3, 0.4) is 0 Å². The summed E-state index contributed by atoms with van der Waals surface area (Å²) in [5, 5.41) is 2.18. The van der Waals surface area contributed by atoms with Crippen molar-refractivity contribution in [3.8, 4) is 0 Å². The fourth-order valence-corrected chi connectivity index (χ4v) is 3.46. The van der Waals surface area contributed by atoms with Gasteiger partial charge >= 0.3 is 0 Å². The van der Waals surface area contributed by atoms with Crippen molar-refractivity contribution >= 4 is 21.8 Å². The Bertz CT molecular complexity index is 154. The van der Waals surface area contributed by atoms with Gasteiger partial charge in [0.15, 0.2) is 0 Å². The second-order valence-corrected chi connectivity index (χ2v) is 5.31. The topological polar surface area (TPSA) is 3.24 Å². The molecule has 0 unspecified atom stereocenters. The van der Waals surface area contributed by atoms with Gasteiger partial charge in [0.2, 0.25) is 0 Å². The van der Waals surface area contributed by atoms with Crippen molar-refractivity contribution in [2.45, 2.75) is 32.7 Å². The molecule has 0 saturated carbocycles. The molecule has 0 atom stereocenters. The van der Waals surface area contributed by atoms with Crippen molar-refractivity contribution in [3.05, 3.63) is 11.5 Å². The zero-order valence-electron chi connectivity index (χ0n) is 7.33. The zero-order valence-corrected chi connectivity index (χ0v) is 8.97. The summed E-state index contributed by atoms with van der Waals surface area (Å²) in [6.45, 7) is 7.91. The van der Waals surface area contributed by atoms with E-state index in [1.54, 1.807) is 0 Å². The lowest BCUT2D eigenvalue weighted by Crippen LogP contribution is -2.38. The van der Waals surface area contributed by atoms with Crippen LogP contribution in [0.1, 0.15) is 27.2 Å². The van der Waals surface area contributed by atoms with Crippen molar-refractivity contribution in [3.63, 3.8) is 0 Å². The molecular formula is C8H15NS2. The minimum absolute atomic E-state index is 0.242. The van der Waals surface area contributed by atoms with Crippen LogP contribution < -0.4 is 0 Å². The second-order valence-electron chi connectivity index (χ2n) is 3.23. The summed E-state index contributed by atoms with van der Waals surface area (Å²) < 4.78 is 2.43. The van der Waals surface area contributed by atoms with E-state index in [0.717, 1.165) is 0 Å². The lowest BCUT2D eigenvalue weighted by molar-refractivity contribution is 0.313. The summed E-state index contributed by atoms with van der Waals surface area (Å²) in [4.78, 5) is 0. The predicted octanol–water partition coefficient (Wildman–Crippen LogP) is 3.30. The molecule has 0 aromatic rings. The van der Waals surface area contributed by atoms with Gasteiger partial charge in [-0.05, 0) is 47.5 Å². The monoisotopic (exact) mass is 189 g/mol. The Morgan fingerprint density at radius 2 is 2.18 bits per heavy atom. The third-order valence-electron chi connectivity index (χ3n) is 1.73. The maximum absolute atomic E-state index is 2.43. The first-order chi connectivity index (χ1) is 5.17. The summed E-state index contributed by atoms with van der Waals surface area (Å²) in [5.74, 6) is 0. The van der Waals surface area contributed by atoms with Crippen LogP contribution in [0.2, 0.25) is 0 Å². The molecule has 0 amide bonds. The van der Waals surface area contributed by atoms with E-state index < -0.39 is 0 Å². The zero-order chi connectivity index (χ0) is 8.32. The quantitative estimate of drug-likeness (QED) is 0.485. The molecule has 0 bridgehead atoms. The SMILES string of the molecule is CCCN1SSC=CC1(C)C. The minimum atomic E-state index is 0.242. The van der Waals surface area contributed by atoms with Crippen molar-refractivity contribution in [1.29, 1.82) is 0 Å². The molecule has 11 heavy (non-hydrogen) atoms. The predicted molar refractivity (Wildman–Crippen MR) is 55.4 cm³/mol. The molecule has 1 heterocycles. The van der Waals surface area contributed by atoms with E-state index in [0.29, 0.717) is 0 Å². The smallest absolute Gasteiger partial charge is 0.0452 e. The fraction of sp³-hybridized carbons (Fsp3) is 0.750. The first-order valence-electron chi connectivity index (χ1n) is 3.95. The summed E-state index contributed by atoms with van der Waals surface area (Å²) >= 11 is 0. The molecule has 0 radical (unpaired) electrons. The van der Waals surface area contributed by atoms with Gasteiger partial charge in [-0.25, -0.2) is 4.31 Å². The molecule has 1 rings (SSSR count). The Labute approximate surface area is 77.1 Å². The first-order valence-corrected chi connectivity index (χ1v) is 6.12. The van der Waals surface area contributed by atoms with Gasteiger partial charge in [0.05, 0.1) is 0 Å². The van der Waals surface area contributed by atoms with Crippen molar-refractivity contribution in [2.75, 3.05) is 6.54 Å². The average Bonchev–Trinajstić information content (AvgIpc) is 1.94. The molecule has 3 heteroatoms. The maximum Gasteiger partial charge on any atom is 0.0452 e. The van der Waals surface area contributed by atoms with E-state index in [9.17, 15) is 0 Å². The van der Waals surface area contributed by atoms with Gasteiger partial charge in [0.25, 0.3) is 0 Å². The van der Waals surface area contributed by atoms with E-state index in [4.69, 9.17) is 0 Å². The van der Waals surface area contributed by atoms with Gasteiger partial charge in [-0.2, -0.15) is 0 Å². The largest absolute Gasteiger partial charge is 0.232 e. The summed E-state index contributed by atoms with van der Waals surface area (Å²) in [6, 6.07) is 0. The van der Waals surface area contributed by atoms with Crippen LogP contribution in [0.5, 0.6) is 0 Å². The molecule has 1 aliphatic rings. The molecule has 0 N–H and O–H groups in total. The number of hydrogen-bond acceptors (Lipinski definition) is 3. The highest BCUT2D eigenvalue weighted by Gasteiger charge is 2.26. The summed E-state index contributed by atoms with van der Waals surface area (Å²) in [7, 11) is 3.67. The minimum Gasteiger partial charge on any atom is -0.232 e. The third-order valence-corrected chi connectivity index (χ3v) is 4.03. The van der Waals surface area contributed by atoms with Crippen LogP contribution in [0.4, 0.5) is 0 Å². The van der Waals surface area contributed by atoms with E-state index in [1.165, 1.54) is 13.0 Å². The van der Waals surface area contributed by atoms with E-state index >= 15 is 0 Å². The first kappa shape index (κ1) is 9.49. The van der Waals surface area contributed by atoms with Crippen LogP contribution in [0.25, 0.3) is 0 Å². The Morgan fingerprint density at radius 3 is 2.73 bits per heavy atom. The summed E-state index contributed by atoms with van der Waals surface area (Å²) in [5.41, 5.74) is 0.242. The molecule has 0 spiro atoms. The second kappa shape index (κ2) is 3.87. The Balaban J connectivity index is 2.57. The van der Waals surface area contributed by atoms with Crippen LogP contribution >= 0.6 is 21.8 Å². The molecule has 0 saturated heterocycles. The van der Waals surface area contributed by atoms with Crippen molar-refractivity contribution in [1.82, 2.24) is 4.31 Å². The molecule has 1 aliphatic heterocycles. The number of nitrogens with zero attached hydrogens (tertiary/aromatic N) is 1. The molecule has 0 aliphatic carbocycles. The van der Waals surface area contributed by atoms with Gasteiger partial charge in [0.1, 0.15) is 0 Å². The van der Waals surface area contributed by atoms with E-state index in [-0.39, 0.29) is 5.54 Å². The average molecular weight is 189 g/mol. The molecule has 0 aromatic heterocycles. The van der Waals surface area contributed by atoms with E-state index in [1.807, 2.05) is 21.8 Å². The molecule has 64 valence electrons. The highest BCUT2D eigenvalue weighted by molar-refractivity contribution is 8.77. The number of rotatable bonds is 2. The highest BCUT2D eigenvalue weighted by Crippen LogP contribution is 2.39. The van der Waals surface area contributed by atoms with Crippen molar-refractivity contribution in [2.24, 2.45) is 0 Å². The van der Waals surface area contributed by atoms with Crippen LogP contribution in [0, 0.1) is 0 Å². The van der Waals surface area contributed by atoms with Crippen LogP contribution in [-0.4, -0.2) is 16.4 Å². The Hall–Kier alpha value is 0.400. The lowest BCUT2D eigenvalue weighted by atomic mass is 10.1. The van der Waals surface area contributed by atoms with Crippen molar-refractivity contribution < 1.29 is 0 Å². The van der Waals surface area contributed by atoms with E-state index in [2.05, 4.69) is 36.6 Å². The number of hydrogen-bond donors (Lipinski definition) is 0. The molecule has 1 nitrogen and oxygen atoms in total.